The SMILES string of the molecule is CC(O)N1CCC(C(=O)N2Cc3ccc(C(=O)NO)cc3OC[C@@H]2C)CC1. The van der Waals surface area contributed by atoms with Crippen LogP contribution in [0.4, 0.5) is 0 Å². The van der Waals surface area contributed by atoms with Crippen molar-refractivity contribution in [3.8, 4) is 5.75 Å². The molecule has 2 atom stereocenters. The molecule has 0 spiro atoms. The molecule has 3 N–H and O–H groups in total. The summed E-state index contributed by atoms with van der Waals surface area (Å²) in [5, 5.41) is 18.5. The summed E-state index contributed by atoms with van der Waals surface area (Å²) in [6.07, 6.45) is 0.982. The highest BCUT2D eigenvalue weighted by atomic mass is 16.5. The van der Waals surface area contributed by atoms with Crippen molar-refractivity contribution < 1.29 is 24.6 Å². The summed E-state index contributed by atoms with van der Waals surface area (Å²) in [5.41, 5.74) is 2.75. The van der Waals surface area contributed by atoms with Crippen LogP contribution in [0.2, 0.25) is 0 Å². The largest absolute Gasteiger partial charge is 0.491 e. The predicted molar refractivity (Wildman–Crippen MR) is 97.2 cm³/mol. The number of hydrogen-bond donors (Lipinski definition) is 3. The number of carbonyl (C=O) groups is 2. The Morgan fingerprint density at radius 3 is 2.63 bits per heavy atom. The van der Waals surface area contributed by atoms with Crippen LogP contribution >= 0.6 is 0 Å². The van der Waals surface area contributed by atoms with Gasteiger partial charge < -0.3 is 14.7 Å². The Morgan fingerprint density at radius 1 is 1.30 bits per heavy atom. The van der Waals surface area contributed by atoms with Crippen LogP contribution in [0.15, 0.2) is 18.2 Å². The van der Waals surface area contributed by atoms with Gasteiger partial charge >= 0.3 is 0 Å². The number of hydrogen-bond acceptors (Lipinski definition) is 6. The minimum absolute atomic E-state index is 0.0524. The Kier molecular flexibility index (Phi) is 5.98. The Bertz CT molecular complexity index is 701. The number of aliphatic hydroxyl groups is 1. The maximum atomic E-state index is 13.1. The van der Waals surface area contributed by atoms with E-state index >= 15 is 0 Å². The fourth-order valence-corrected chi connectivity index (χ4v) is 3.71. The summed E-state index contributed by atoms with van der Waals surface area (Å²) < 4.78 is 5.82. The summed E-state index contributed by atoms with van der Waals surface area (Å²) in [6, 6.07) is 4.86. The second-order valence-corrected chi connectivity index (χ2v) is 7.33. The Balaban J connectivity index is 1.73. The molecule has 2 aliphatic heterocycles. The molecule has 1 saturated heterocycles. The van der Waals surface area contributed by atoms with E-state index in [0.29, 0.717) is 37.6 Å². The molecule has 1 fully saturated rings. The van der Waals surface area contributed by atoms with E-state index in [0.717, 1.165) is 18.4 Å². The van der Waals surface area contributed by atoms with Gasteiger partial charge in [0.2, 0.25) is 5.91 Å². The van der Waals surface area contributed by atoms with Crippen LogP contribution < -0.4 is 10.2 Å². The molecule has 1 aromatic carbocycles. The fraction of sp³-hybridized carbons (Fsp3) is 0.579. The normalized spacial score (nSPS) is 22.4. The monoisotopic (exact) mass is 377 g/mol. The number of hydroxylamine groups is 1. The van der Waals surface area contributed by atoms with Crippen LogP contribution in [-0.2, 0) is 11.3 Å². The number of amides is 2. The molecular formula is C19H27N3O5. The van der Waals surface area contributed by atoms with Crippen LogP contribution in [0.1, 0.15) is 42.6 Å². The molecule has 27 heavy (non-hydrogen) atoms. The van der Waals surface area contributed by atoms with Crippen molar-refractivity contribution >= 4 is 11.8 Å². The summed E-state index contributed by atoms with van der Waals surface area (Å²) in [5.74, 6) is 0.0171. The molecule has 0 saturated carbocycles. The van der Waals surface area contributed by atoms with Crippen molar-refractivity contribution in [1.82, 2.24) is 15.3 Å². The van der Waals surface area contributed by atoms with E-state index in [2.05, 4.69) is 0 Å². The number of ether oxygens (including phenoxy) is 1. The molecule has 1 aromatic rings. The smallest absolute Gasteiger partial charge is 0.274 e. The molecule has 2 heterocycles. The molecule has 148 valence electrons. The third-order valence-electron chi connectivity index (χ3n) is 5.47. The molecule has 3 rings (SSSR count). The minimum Gasteiger partial charge on any atom is -0.491 e. The quantitative estimate of drug-likeness (QED) is 0.536. The fourth-order valence-electron chi connectivity index (χ4n) is 3.71. The van der Waals surface area contributed by atoms with Gasteiger partial charge in [-0.15, -0.1) is 0 Å². The van der Waals surface area contributed by atoms with Gasteiger partial charge in [-0.1, -0.05) is 6.07 Å². The number of nitrogens with zero attached hydrogens (tertiary/aromatic N) is 2. The van der Waals surface area contributed by atoms with Crippen molar-refractivity contribution in [3.63, 3.8) is 0 Å². The molecule has 0 bridgehead atoms. The van der Waals surface area contributed by atoms with Crippen molar-refractivity contribution in [3.05, 3.63) is 29.3 Å². The van der Waals surface area contributed by atoms with E-state index < -0.39 is 12.1 Å². The number of likely N-dealkylation sites (tertiary alicyclic amines) is 1. The zero-order valence-corrected chi connectivity index (χ0v) is 15.7. The van der Waals surface area contributed by atoms with Gasteiger partial charge in [0.05, 0.1) is 6.04 Å². The van der Waals surface area contributed by atoms with E-state index in [1.54, 1.807) is 30.6 Å². The van der Waals surface area contributed by atoms with E-state index in [9.17, 15) is 14.7 Å². The molecule has 0 aliphatic carbocycles. The van der Waals surface area contributed by atoms with Gasteiger partial charge in [-0.2, -0.15) is 0 Å². The van der Waals surface area contributed by atoms with Crippen molar-refractivity contribution in [2.24, 2.45) is 5.92 Å². The molecule has 2 amide bonds. The molecule has 2 aliphatic rings. The first-order chi connectivity index (χ1) is 12.9. The molecule has 0 aromatic heterocycles. The topological polar surface area (TPSA) is 102 Å². The van der Waals surface area contributed by atoms with Crippen LogP contribution in [0.25, 0.3) is 0 Å². The number of nitrogens with one attached hydrogen (secondary N) is 1. The number of benzene rings is 1. The predicted octanol–water partition coefficient (Wildman–Crippen LogP) is 0.965. The average molecular weight is 377 g/mol. The van der Waals surface area contributed by atoms with Crippen molar-refractivity contribution in [1.29, 1.82) is 0 Å². The summed E-state index contributed by atoms with van der Waals surface area (Å²) in [6.45, 7) is 5.89. The lowest BCUT2D eigenvalue weighted by molar-refractivity contribution is -0.141. The van der Waals surface area contributed by atoms with Gasteiger partial charge in [0, 0.05) is 36.7 Å². The third-order valence-corrected chi connectivity index (χ3v) is 5.47. The molecule has 0 radical (unpaired) electrons. The second-order valence-electron chi connectivity index (χ2n) is 7.33. The van der Waals surface area contributed by atoms with E-state index in [-0.39, 0.29) is 17.9 Å². The minimum atomic E-state index is -0.600. The highest BCUT2D eigenvalue weighted by Crippen LogP contribution is 2.29. The highest BCUT2D eigenvalue weighted by molar-refractivity contribution is 5.93. The number of piperidine rings is 1. The summed E-state index contributed by atoms with van der Waals surface area (Å²) in [4.78, 5) is 28.5. The zero-order valence-electron chi connectivity index (χ0n) is 15.7. The van der Waals surface area contributed by atoms with Gasteiger partial charge in [-0.3, -0.25) is 19.7 Å². The van der Waals surface area contributed by atoms with Gasteiger partial charge in [0.25, 0.3) is 5.91 Å². The van der Waals surface area contributed by atoms with Gasteiger partial charge in [-0.25, -0.2) is 5.48 Å². The summed E-state index contributed by atoms with van der Waals surface area (Å²) in [7, 11) is 0. The standard InChI is InChI=1S/C19H27N3O5/c1-12-11-27-17-9-15(18(24)20-26)3-4-16(17)10-22(12)19(25)14-5-7-21(8-6-14)13(2)23/h3-4,9,12-14,23,26H,5-8,10-11H2,1-2H3,(H,20,24)/t12-,13?/m0/s1. The van der Waals surface area contributed by atoms with E-state index in [4.69, 9.17) is 9.94 Å². The number of fused-ring (bicyclic) bond motifs is 1. The number of carbonyl (C=O) groups excluding carboxylic acids is 2. The molecule has 8 nitrogen and oxygen atoms in total. The van der Waals surface area contributed by atoms with Crippen molar-refractivity contribution in [2.45, 2.75) is 45.5 Å². The molecule has 1 unspecified atom stereocenters. The maximum Gasteiger partial charge on any atom is 0.274 e. The molecule has 8 heteroatoms. The highest BCUT2D eigenvalue weighted by Gasteiger charge is 2.33. The first kappa shape index (κ1) is 19.6. The first-order valence-electron chi connectivity index (χ1n) is 9.33. The van der Waals surface area contributed by atoms with Gasteiger partial charge in [0.1, 0.15) is 18.6 Å². The van der Waals surface area contributed by atoms with Gasteiger partial charge in [0.15, 0.2) is 0 Å². The van der Waals surface area contributed by atoms with Gasteiger partial charge in [-0.05, 0) is 38.8 Å². The number of aliphatic hydroxyl groups excluding tert-OH is 1. The van der Waals surface area contributed by atoms with Crippen LogP contribution in [0.5, 0.6) is 5.75 Å². The maximum absolute atomic E-state index is 13.1. The van der Waals surface area contributed by atoms with Crippen molar-refractivity contribution in [2.75, 3.05) is 19.7 Å². The molecular weight excluding hydrogens is 350 g/mol. The first-order valence-corrected chi connectivity index (χ1v) is 9.33. The Labute approximate surface area is 158 Å². The second kappa shape index (κ2) is 8.24. The van der Waals surface area contributed by atoms with E-state index in [1.807, 2.05) is 16.7 Å². The van der Waals surface area contributed by atoms with Crippen LogP contribution in [-0.4, -0.2) is 63.9 Å². The lowest BCUT2D eigenvalue weighted by Crippen LogP contribution is -2.47. The Hall–Kier alpha value is -2.16. The lowest BCUT2D eigenvalue weighted by atomic mass is 9.94. The van der Waals surface area contributed by atoms with Crippen LogP contribution in [0, 0.1) is 5.92 Å². The number of rotatable bonds is 3. The third kappa shape index (κ3) is 4.23. The Morgan fingerprint density at radius 2 is 2.00 bits per heavy atom. The average Bonchev–Trinajstić information content (AvgIpc) is 2.85. The lowest BCUT2D eigenvalue weighted by Gasteiger charge is -2.36. The van der Waals surface area contributed by atoms with Crippen LogP contribution in [0.3, 0.4) is 0 Å². The van der Waals surface area contributed by atoms with E-state index in [1.165, 1.54) is 0 Å². The summed E-state index contributed by atoms with van der Waals surface area (Å²) >= 11 is 0. The zero-order chi connectivity index (χ0) is 19.6.